The molecule has 2 heterocycles. The molecule has 3 N–H and O–H groups in total. The largest absolute Gasteiger partial charge is 0.453 e. The molecule has 0 spiro atoms. The van der Waals surface area contributed by atoms with Gasteiger partial charge in [-0.15, -0.1) is 0 Å². The van der Waals surface area contributed by atoms with Gasteiger partial charge in [0, 0.05) is 36.2 Å². The number of fused-ring (bicyclic) bond motifs is 4. The Morgan fingerprint density at radius 1 is 0.818 bits per heavy atom. The van der Waals surface area contributed by atoms with Crippen LogP contribution in [-0.4, -0.2) is 73.9 Å². The van der Waals surface area contributed by atoms with E-state index in [1.54, 1.807) is 35.4 Å². The molecule has 3 aromatic carbocycles. The maximum Gasteiger partial charge on any atom is 0.407 e. The second-order valence-corrected chi connectivity index (χ2v) is 14.4. The molecule has 5 aromatic rings. The van der Waals surface area contributed by atoms with Gasteiger partial charge in [-0.2, -0.15) is 8.78 Å². The minimum Gasteiger partial charge on any atom is -0.453 e. The van der Waals surface area contributed by atoms with Crippen LogP contribution in [0.15, 0.2) is 60.8 Å². The molecule has 0 bridgehead atoms. The molecular weight excluding hydrogens is 705 g/mol. The van der Waals surface area contributed by atoms with Gasteiger partial charge in [-0.1, -0.05) is 65.0 Å². The zero-order valence-electron chi connectivity index (χ0n) is 32.3. The molecule has 0 aliphatic heterocycles. The summed E-state index contributed by atoms with van der Waals surface area (Å²) in [5.41, 5.74) is 4.81. The molecule has 0 saturated carbocycles. The number of benzene rings is 3. The van der Waals surface area contributed by atoms with Crippen LogP contribution in [0.2, 0.25) is 0 Å². The lowest BCUT2D eigenvalue weighted by Gasteiger charge is -2.28. The molecule has 0 fully saturated rings. The van der Waals surface area contributed by atoms with E-state index in [0.717, 1.165) is 29.4 Å². The Labute approximate surface area is 319 Å². The topological polar surface area (TPSA) is 136 Å². The number of methoxy groups -OCH3 is 1. The number of aromatic nitrogens is 4. The number of imidazole rings is 2. The number of hydrogen-bond donors (Lipinski definition) is 3. The first-order valence-electron chi connectivity index (χ1n) is 19.0. The lowest BCUT2D eigenvalue weighted by atomic mass is 9.98. The average molecular weight is 754 g/mol. The van der Waals surface area contributed by atoms with Crippen molar-refractivity contribution in [2.24, 2.45) is 5.92 Å². The molecule has 1 aliphatic rings. The van der Waals surface area contributed by atoms with Gasteiger partial charge in [0.25, 0.3) is 5.92 Å². The lowest BCUT2D eigenvalue weighted by molar-refractivity contribution is -0.135. The zero-order chi connectivity index (χ0) is 39.4. The Bertz CT molecular complexity index is 2190. The number of nitrogens with one attached hydrogen (secondary N) is 3. The van der Waals surface area contributed by atoms with Gasteiger partial charge in [0.15, 0.2) is 0 Å². The average Bonchev–Trinajstić information content (AvgIpc) is 3.87. The number of amides is 3. The first-order chi connectivity index (χ1) is 26.4. The molecule has 290 valence electrons. The number of halogens is 2. The first kappa shape index (κ1) is 39.1. The Balaban J connectivity index is 1.21. The number of carbonyl (C=O) groups excluding carboxylic acids is 3. The van der Waals surface area contributed by atoms with Crippen LogP contribution in [0.1, 0.15) is 83.1 Å². The Kier molecular flexibility index (Phi) is 11.7. The fraction of sp³-hybridized carbons (Fsp3) is 0.405. The van der Waals surface area contributed by atoms with E-state index >= 15 is 8.78 Å². The second-order valence-electron chi connectivity index (χ2n) is 14.4. The van der Waals surface area contributed by atoms with Gasteiger partial charge in [0.1, 0.15) is 17.7 Å². The van der Waals surface area contributed by atoms with Crippen molar-refractivity contribution < 1.29 is 27.9 Å². The smallest absolute Gasteiger partial charge is 0.407 e. The summed E-state index contributed by atoms with van der Waals surface area (Å²) in [6, 6.07) is 15.1. The highest BCUT2D eigenvalue weighted by Gasteiger charge is 2.44. The first-order valence-corrected chi connectivity index (χ1v) is 19.0. The number of alkyl carbamates (subject to hydrolysis) is 1. The van der Waals surface area contributed by atoms with Crippen molar-refractivity contribution in [1.82, 2.24) is 35.1 Å². The summed E-state index contributed by atoms with van der Waals surface area (Å²) in [6.45, 7) is 11.3. The van der Waals surface area contributed by atoms with E-state index in [4.69, 9.17) is 9.72 Å². The van der Waals surface area contributed by atoms with Crippen molar-refractivity contribution in [3.05, 3.63) is 83.6 Å². The van der Waals surface area contributed by atoms with Crippen LogP contribution in [0.25, 0.3) is 44.5 Å². The van der Waals surface area contributed by atoms with Gasteiger partial charge in [-0.25, -0.2) is 14.8 Å². The molecule has 1 aliphatic carbocycles. The van der Waals surface area contributed by atoms with Crippen molar-refractivity contribution in [3.63, 3.8) is 0 Å². The summed E-state index contributed by atoms with van der Waals surface area (Å²) in [5.74, 6) is -2.43. The van der Waals surface area contributed by atoms with Gasteiger partial charge >= 0.3 is 6.09 Å². The third kappa shape index (κ3) is 8.11. The molecule has 0 radical (unpaired) electrons. The number of rotatable bonds is 15. The maximum absolute atomic E-state index is 16.3. The predicted molar refractivity (Wildman–Crippen MR) is 208 cm³/mol. The number of nitrogens with zero attached hydrogens (tertiary/aromatic N) is 4. The number of H-pyrrole nitrogens is 2. The van der Waals surface area contributed by atoms with Crippen molar-refractivity contribution in [2.45, 2.75) is 85.4 Å². The van der Waals surface area contributed by atoms with Crippen molar-refractivity contribution in [1.29, 1.82) is 0 Å². The monoisotopic (exact) mass is 753 g/mol. The van der Waals surface area contributed by atoms with Crippen molar-refractivity contribution in [3.8, 4) is 33.5 Å². The van der Waals surface area contributed by atoms with Crippen LogP contribution in [-0.2, 0) is 33.3 Å². The van der Waals surface area contributed by atoms with Crippen LogP contribution in [0.3, 0.4) is 0 Å². The number of aromatic amines is 2. The van der Waals surface area contributed by atoms with Gasteiger partial charge in [0.2, 0.25) is 11.8 Å². The molecule has 1 unspecified atom stereocenters. The van der Waals surface area contributed by atoms with E-state index < -0.39 is 18.1 Å². The summed E-state index contributed by atoms with van der Waals surface area (Å²) >= 11 is 0. The summed E-state index contributed by atoms with van der Waals surface area (Å²) in [5, 5.41) is 2.63. The minimum atomic E-state index is -3.25. The van der Waals surface area contributed by atoms with Gasteiger partial charge < -0.3 is 29.8 Å². The third-order valence-electron chi connectivity index (χ3n) is 10.00. The van der Waals surface area contributed by atoms with E-state index in [0.29, 0.717) is 72.1 Å². The summed E-state index contributed by atoms with van der Waals surface area (Å²) < 4.78 is 37.4. The van der Waals surface area contributed by atoms with E-state index in [-0.39, 0.29) is 35.4 Å². The van der Waals surface area contributed by atoms with Crippen molar-refractivity contribution >= 4 is 28.9 Å². The summed E-state index contributed by atoms with van der Waals surface area (Å²) in [4.78, 5) is 57.3. The van der Waals surface area contributed by atoms with Crippen LogP contribution in [0.4, 0.5) is 13.6 Å². The van der Waals surface area contributed by atoms with E-state index in [1.165, 1.54) is 13.2 Å². The van der Waals surface area contributed by atoms with E-state index in [9.17, 15) is 14.4 Å². The Morgan fingerprint density at radius 2 is 1.44 bits per heavy atom. The second kappa shape index (κ2) is 16.4. The standard InChI is InChI=1S/C42H49F2N7O4/c1-7-10-38(52)50(17-8-2)24-37-46-33-16-13-27(21-34(33)47-37)26-11-14-29-30-15-12-28(20-32(30)42(43,44)31(29)19-26)35-22-45-36(48-35)23-51(18-9-3)40(53)39(25(4)5)49-41(54)55-6/h11-16,19-22,25,39H,7-10,17-18,23-24H2,1-6H3,(H,45,48)(H,46,47)(H,49,54). The lowest BCUT2D eigenvalue weighted by Crippen LogP contribution is -2.51. The fourth-order valence-electron chi connectivity index (χ4n) is 7.21. The van der Waals surface area contributed by atoms with Gasteiger partial charge in [-0.3, -0.25) is 9.59 Å². The van der Waals surface area contributed by atoms with E-state index in [2.05, 4.69) is 20.3 Å². The summed E-state index contributed by atoms with van der Waals surface area (Å²) in [6.07, 6.45) is 3.69. The molecule has 6 rings (SSSR count). The van der Waals surface area contributed by atoms with Crippen LogP contribution < -0.4 is 5.32 Å². The number of hydrogen-bond acceptors (Lipinski definition) is 6. The molecule has 1 atom stereocenters. The van der Waals surface area contributed by atoms with Gasteiger partial charge in [-0.05, 0) is 71.7 Å². The summed E-state index contributed by atoms with van der Waals surface area (Å²) in [7, 11) is 1.25. The maximum atomic E-state index is 16.3. The molecule has 55 heavy (non-hydrogen) atoms. The Hall–Kier alpha value is -5.59. The fourth-order valence-corrected chi connectivity index (χ4v) is 7.21. The quantitative estimate of drug-likeness (QED) is 0.0983. The predicted octanol–water partition coefficient (Wildman–Crippen LogP) is 8.40. The molecule has 3 amide bonds. The molecule has 0 saturated heterocycles. The third-order valence-corrected chi connectivity index (χ3v) is 10.00. The highest BCUT2D eigenvalue weighted by Crippen LogP contribution is 2.52. The van der Waals surface area contributed by atoms with Crippen molar-refractivity contribution in [2.75, 3.05) is 20.2 Å². The molecule has 11 nitrogen and oxygen atoms in total. The minimum absolute atomic E-state index is 0.0634. The molecule has 13 heteroatoms. The number of ether oxygens (including phenoxy) is 1. The number of carbonyl (C=O) groups is 3. The highest BCUT2D eigenvalue weighted by molar-refractivity contribution is 5.88. The SMILES string of the molecule is CCCC(=O)N(CCC)Cc1nc2ccc(-c3ccc4c(c3)C(F)(F)c3cc(-c5cnc(CN(CCC)C(=O)C(NC(=O)OC)C(C)C)[nH]5)ccc3-4)cc2[nH]1. The van der Waals surface area contributed by atoms with E-state index in [1.807, 2.05) is 63.8 Å². The van der Waals surface area contributed by atoms with Crippen LogP contribution in [0.5, 0.6) is 0 Å². The molecule has 2 aromatic heterocycles. The highest BCUT2D eigenvalue weighted by atomic mass is 19.3. The van der Waals surface area contributed by atoms with Gasteiger partial charge in [0.05, 0.1) is 43.1 Å². The van der Waals surface area contributed by atoms with Crippen LogP contribution in [0, 0.1) is 5.92 Å². The normalized spacial score (nSPS) is 13.4. The Morgan fingerprint density at radius 3 is 2.09 bits per heavy atom. The zero-order valence-corrected chi connectivity index (χ0v) is 32.3. The molecular formula is C42H49F2N7O4. The van der Waals surface area contributed by atoms with Crippen LogP contribution >= 0.6 is 0 Å². The number of alkyl halides is 2.